The Morgan fingerprint density at radius 1 is 1.11 bits per heavy atom. The zero-order valence-electron chi connectivity index (χ0n) is 10.8. The minimum Gasteiger partial charge on any atom is -0.387 e. The second-order valence-corrected chi connectivity index (χ2v) is 6.99. The lowest BCUT2D eigenvalue weighted by Crippen LogP contribution is -2.19. The van der Waals surface area contributed by atoms with E-state index in [-0.39, 0.29) is 6.10 Å². The first kappa shape index (κ1) is 12.6. The zero-order chi connectivity index (χ0) is 12.4. The fourth-order valence-electron chi connectivity index (χ4n) is 2.97. The van der Waals surface area contributed by atoms with Crippen LogP contribution in [-0.4, -0.2) is 16.1 Å². The summed E-state index contributed by atoms with van der Waals surface area (Å²) in [7, 11) is 0. The molecule has 1 saturated heterocycles. The van der Waals surface area contributed by atoms with Crippen LogP contribution in [0.2, 0.25) is 0 Å². The molecule has 2 heteroatoms. The van der Waals surface area contributed by atoms with Gasteiger partial charge in [0.05, 0.1) is 6.10 Å². The van der Waals surface area contributed by atoms with Gasteiger partial charge >= 0.3 is 0 Å². The highest BCUT2D eigenvalue weighted by atomic mass is 32.2. The van der Waals surface area contributed by atoms with Crippen LogP contribution >= 0.6 is 11.8 Å². The van der Waals surface area contributed by atoms with Crippen molar-refractivity contribution in [3.8, 4) is 0 Å². The van der Waals surface area contributed by atoms with E-state index in [1.165, 1.54) is 49.8 Å². The third kappa shape index (κ3) is 2.60. The first-order valence-corrected chi connectivity index (χ1v) is 8.29. The maximum absolute atomic E-state index is 10.5. The number of thioether (sulfide) groups is 1. The average Bonchev–Trinajstić information content (AvgIpc) is 2.37. The Balaban J connectivity index is 1.73. The quantitative estimate of drug-likeness (QED) is 0.877. The van der Waals surface area contributed by atoms with Crippen LogP contribution in [0.5, 0.6) is 0 Å². The summed E-state index contributed by atoms with van der Waals surface area (Å²) in [4.78, 5) is 0. The van der Waals surface area contributed by atoms with Crippen LogP contribution in [0.25, 0.3) is 0 Å². The van der Waals surface area contributed by atoms with Crippen LogP contribution in [0.4, 0.5) is 0 Å². The Morgan fingerprint density at radius 2 is 2.00 bits per heavy atom. The maximum atomic E-state index is 10.5. The predicted molar refractivity (Wildman–Crippen MR) is 78.1 cm³/mol. The molecule has 0 spiro atoms. The summed E-state index contributed by atoms with van der Waals surface area (Å²) >= 11 is 1.95. The summed E-state index contributed by atoms with van der Waals surface area (Å²) in [6, 6.07) is 8.71. The molecule has 1 aliphatic heterocycles. The number of hydrogen-bond acceptors (Lipinski definition) is 2. The monoisotopic (exact) mass is 262 g/mol. The van der Waals surface area contributed by atoms with Crippen molar-refractivity contribution in [2.24, 2.45) is 0 Å². The van der Waals surface area contributed by atoms with Gasteiger partial charge in [0, 0.05) is 5.25 Å². The minimum absolute atomic E-state index is 0.268. The summed E-state index contributed by atoms with van der Waals surface area (Å²) in [6.07, 6.45) is 7.52. The molecule has 2 aliphatic rings. The van der Waals surface area contributed by atoms with Crippen molar-refractivity contribution >= 4 is 11.8 Å². The SMILES string of the molecule is OC(c1cccc(C2CCC2)c1)C1CCCCS1. The van der Waals surface area contributed by atoms with Crippen LogP contribution in [0.3, 0.4) is 0 Å². The Labute approximate surface area is 114 Å². The lowest BCUT2D eigenvalue weighted by Gasteiger charge is -2.29. The molecule has 0 amide bonds. The lowest BCUT2D eigenvalue weighted by molar-refractivity contribution is 0.168. The molecule has 1 aromatic carbocycles. The van der Waals surface area contributed by atoms with Crippen molar-refractivity contribution in [1.29, 1.82) is 0 Å². The molecule has 2 unspecified atom stereocenters. The maximum Gasteiger partial charge on any atom is 0.0908 e. The van der Waals surface area contributed by atoms with Gasteiger partial charge in [0.2, 0.25) is 0 Å². The fourth-order valence-corrected chi connectivity index (χ4v) is 4.31. The van der Waals surface area contributed by atoms with E-state index in [1.807, 2.05) is 11.8 Å². The van der Waals surface area contributed by atoms with E-state index in [9.17, 15) is 5.11 Å². The summed E-state index contributed by atoms with van der Waals surface area (Å²) in [5.41, 5.74) is 2.58. The molecule has 1 heterocycles. The van der Waals surface area contributed by atoms with E-state index in [2.05, 4.69) is 24.3 Å². The van der Waals surface area contributed by atoms with Gasteiger partial charge in [-0.1, -0.05) is 37.1 Å². The molecular weight excluding hydrogens is 240 g/mol. The van der Waals surface area contributed by atoms with Crippen molar-refractivity contribution in [2.75, 3.05) is 5.75 Å². The standard InChI is InChI=1S/C16H22OS/c17-16(15-9-1-2-10-18-15)14-8-4-7-13(11-14)12-5-3-6-12/h4,7-8,11-12,15-17H,1-3,5-6,9-10H2. The van der Waals surface area contributed by atoms with Crippen molar-refractivity contribution in [3.05, 3.63) is 35.4 Å². The fraction of sp³-hybridized carbons (Fsp3) is 0.625. The van der Waals surface area contributed by atoms with E-state index >= 15 is 0 Å². The van der Waals surface area contributed by atoms with Gasteiger partial charge in [-0.25, -0.2) is 0 Å². The highest BCUT2D eigenvalue weighted by molar-refractivity contribution is 7.99. The van der Waals surface area contributed by atoms with Crippen molar-refractivity contribution in [3.63, 3.8) is 0 Å². The lowest BCUT2D eigenvalue weighted by atomic mass is 9.79. The average molecular weight is 262 g/mol. The van der Waals surface area contributed by atoms with Crippen LogP contribution < -0.4 is 0 Å². The molecule has 0 radical (unpaired) electrons. The van der Waals surface area contributed by atoms with Gasteiger partial charge < -0.3 is 5.11 Å². The van der Waals surface area contributed by atoms with E-state index in [1.54, 1.807) is 0 Å². The van der Waals surface area contributed by atoms with Crippen LogP contribution in [-0.2, 0) is 0 Å². The third-order valence-electron chi connectivity index (χ3n) is 4.40. The molecule has 98 valence electrons. The molecule has 2 fully saturated rings. The van der Waals surface area contributed by atoms with Gasteiger partial charge in [0.1, 0.15) is 0 Å². The van der Waals surface area contributed by atoms with Crippen molar-refractivity contribution in [1.82, 2.24) is 0 Å². The van der Waals surface area contributed by atoms with Gasteiger partial charge in [0.25, 0.3) is 0 Å². The molecule has 0 aromatic heterocycles. The summed E-state index contributed by atoms with van der Waals surface area (Å²) < 4.78 is 0. The molecule has 1 N–H and O–H groups in total. The van der Waals surface area contributed by atoms with Gasteiger partial charge in [-0.3, -0.25) is 0 Å². The second kappa shape index (κ2) is 5.66. The highest BCUT2D eigenvalue weighted by Gasteiger charge is 2.25. The normalized spacial score (nSPS) is 26.6. The number of rotatable bonds is 3. The largest absolute Gasteiger partial charge is 0.387 e. The first-order chi connectivity index (χ1) is 8.84. The summed E-state index contributed by atoms with van der Waals surface area (Å²) in [6.45, 7) is 0. The number of hydrogen-bond donors (Lipinski definition) is 1. The highest BCUT2D eigenvalue weighted by Crippen LogP contribution is 2.39. The smallest absolute Gasteiger partial charge is 0.0908 e. The van der Waals surface area contributed by atoms with Crippen LogP contribution in [0, 0.1) is 0 Å². The van der Waals surface area contributed by atoms with E-state index < -0.39 is 0 Å². The third-order valence-corrected chi connectivity index (χ3v) is 5.84. The van der Waals surface area contributed by atoms with Crippen molar-refractivity contribution < 1.29 is 5.11 Å². The van der Waals surface area contributed by atoms with Gasteiger partial charge in [0.15, 0.2) is 0 Å². The Bertz CT molecular complexity index is 394. The topological polar surface area (TPSA) is 20.2 Å². The molecular formula is C16H22OS. The van der Waals surface area contributed by atoms with Gasteiger partial charge in [-0.2, -0.15) is 11.8 Å². The number of benzene rings is 1. The van der Waals surface area contributed by atoms with Gasteiger partial charge in [-0.15, -0.1) is 0 Å². The number of aliphatic hydroxyl groups excluding tert-OH is 1. The van der Waals surface area contributed by atoms with Crippen molar-refractivity contribution in [2.45, 2.75) is 55.8 Å². The zero-order valence-corrected chi connectivity index (χ0v) is 11.7. The van der Waals surface area contributed by atoms with Gasteiger partial charge in [-0.05, 0) is 48.5 Å². The Kier molecular flexibility index (Phi) is 3.95. The number of aliphatic hydroxyl groups is 1. The molecule has 1 aliphatic carbocycles. The van der Waals surface area contributed by atoms with E-state index in [0.29, 0.717) is 5.25 Å². The van der Waals surface area contributed by atoms with E-state index in [0.717, 1.165) is 11.5 Å². The Morgan fingerprint density at radius 3 is 2.67 bits per heavy atom. The molecule has 0 bridgehead atoms. The Hall–Kier alpha value is -0.470. The second-order valence-electron chi connectivity index (χ2n) is 5.65. The summed E-state index contributed by atoms with van der Waals surface area (Å²) in [5, 5.41) is 10.9. The van der Waals surface area contributed by atoms with Crippen LogP contribution in [0.1, 0.15) is 61.7 Å². The van der Waals surface area contributed by atoms with E-state index in [4.69, 9.17) is 0 Å². The molecule has 1 aromatic rings. The molecule has 3 rings (SSSR count). The molecule has 18 heavy (non-hydrogen) atoms. The molecule has 1 saturated carbocycles. The molecule has 1 nitrogen and oxygen atoms in total. The first-order valence-electron chi connectivity index (χ1n) is 7.24. The molecule has 2 atom stereocenters. The minimum atomic E-state index is -0.268. The predicted octanol–water partition coefficient (Wildman–Crippen LogP) is 4.27. The van der Waals surface area contributed by atoms with Crippen LogP contribution in [0.15, 0.2) is 24.3 Å². The summed E-state index contributed by atoms with van der Waals surface area (Å²) in [5.74, 6) is 1.97.